The van der Waals surface area contributed by atoms with Crippen LogP contribution in [-0.2, 0) is 4.79 Å². The third kappa shape index (κ3) is 6.04. The summed E-state index contributed by atoms with van der Waals surface area (Å²) in [7, 11) is 0. The van der Waals surface area contributed by atoms with Crippen molar-refractivity contribution in [2.75, 3.05) is 0 Å². The van der Waals surface area contributed by atoms with Gasteiger partial charge in [-0.25, -0.2) is 9.59 Å². The van der Waals surface area contributed by atoms with Crippen LogP contribution in [0.2, 0.25) is 5.02 Å². The lowest BCUT2D eigenvalue weighted by molar-refractivity contribution is -0.139. The van der Waals surface area contributed by atoms with Crippen molar-refractivity contribution in [2.24, 2.45) is 5.92 Å². The van der Waals surface area contributed by atoms with Crippen LogP contribution in [0.5, 0.6) is 0 Å². The number of hydrogen-bond acceptors (Lipinski definition) is 2. The first kappa shape index (κ1) is 17.3. The van der Waals surface area contributed by atoms with E-state index in [1.54, 1.807) is 18.2 Å². The van der Waals surface area contributed by atoms with E-state index in [1.165, 1.54) is 0 Å². The number of halogens is 1. The second-order valence-electron chi connectivity index (χ2n) is 5.41. The first-order valence-electron chi connectivity index (χ1n) is 6.85. The van der Waals surface area contributed by atoms with Gasteiger partial charge < -0.3 is 15.7 Å². The lowest BCUT2D eigenvalue weighted by Crippen LogP contribution is -2.47. The number of hydrogen-bond donors (Lipinski definition) is 3. The molecule has 0 aromatic heterocycles. The fourth-order valence-electron chi connectivity index (χ4n) is 1.95. The molecular formula is C15H21ClN2O3. The van der Waals surface area contributed by atoms with Crippen molar-refractivity contribution in [3.63, 3.8) is 0 Å². The lowest BCUT2D eigenvalue weighted by atomic mass is 10.0. The van der Waals surface area contributed by atoms with Crippen LogP contribution in [0.15, 0.2) is 24.3 Å². The zero-order valence-corrected chi connectivity index (χ0v) is 13.1. The van der Waals surface area contributed by atoms with Gasteiger partial charge in [0.15, 0.2) is 0 Å². The molecule has 0 saturated heterocycles. The minimum Gasteiger partial charge on any atom is -0.480 e. The molecule has 116 valence electrons. The van der Waals surface area contributed by atoms with Gasteiger partial charge in [-0.15, -0.1) is 0 Å². The number of carbonyl (C=O) groups is 2. The lowest BCUT2D eigenvalue weighted by Gasteiger charge is -2.20. The van der Waals surface area contributed by atoms with Crippen LogP contribution in [-0.4, -0.2) is 23.1 Å². The molecule has 0 spiro atoms. The van der Waals surface area contributed by atoms with E-state index in [1.807, 2.05) is 26.8 Å². The highest BCUT2D eigenvalue weighted by atomic mass is 35.5. The van der Waals surface area contributed by atoms with Gasteiger partial charge in [0, 0.05) is 5.02 Å². The van der Waals surface area contributed by atoms with Gasteiger partial charge in [0.05, 0.1) is 6.04 Å². The number of carbonyl (C=O) groups excluding carboxylic acids is 1. The Labute approximate surface area is 129 Å². The van der Waals surface area contributed by atoms with Gasteiger partial charge in [-0.2, -0.15) is 0 Å². The Bertz CT molecular complexity index is 505. The molecule has 0 saturated carbocycles. The van der Waals surface area contributed by atoms with Crippen LogP contribution in [0.4, 0.5) is 4.79 Å². The number of amides is 2. The topological polar surface area (TPSA) is 78.4 Å². The molecule has 21 heavy (non-hydrogen) atoms. The molecule has 2 amide bonds. The minimum atomic E-state index is -1.03. The Kier molecular flexibility index (Phi) is 6.49. The van der Waals surface area contributed by atoms with Crippen LogP contribution in [0, 0.1) is 5.92 Å². The normalized spacial score (nSPS) is 13.6. The second-order valence-corrected chi connectivity index (χ2v) is 5.85. The van der Waals surface area contributed by atoms with Crippen LogP contribution in [0.1, 0.15) is 38.8 Å². The van der Waals surface area contributed by atoms with Gasteiger partial charge in [-0.05, 0) is 37.0 Å². The Hall–Kier alpha value is -1.75. The molecule has 3 N–H and O–H groups in total. The van der Waals surface area contributed by atoms with E-state index < -0.39 is 18.0 Å². The van der Waals surface area contributed by atoms with E-state index >= 15 is 0 Å². The summed E-state index contributed by atoms with van der Waals surface area (Å²) < 4.78 is 0. The number of benzene rings is 1. The van der Waals surface area contributed by atoms with Crippen LogP contribution in [0.25, 0.3) is 0 Å². The van der Waals surface area contributed by atoms with Gasteiger partial charge in [0.1, 0.15) is 6.04 Å². The van der Waals surface area contributed by atoms with Crippen molar-refractivity contribution in [1.82, 2.24) is 10.6 Å². The number of urea groups is 1. The molecule has 0 radical (unpaired) electrons. The minimum absolute atomic E-state index is 0.178. The molecule has 0 heterocycles. The smallest absolute Gasteiger partial charge is 0.326 e. The average Bonchev–Trinajstić information content (AvgIpc) is 2.37. The van der Waals surface area contributed by atoms with Crippen molar-refractivity contribution < 1.29 is 14.7 Å². The van der Waals surface area contributed by atoms with Gasteiger partial charge in [0.25, 0.3) is 0 Å². The Morgan fingerprint density at radius 2 is 1.90 bits per heavy atom. The fourth-order valence-corrected chi connectivity index (χ4v) is 2.15. The van der Waals surface area contributed by atoms with E-state index in [9.17, 15) is 9.59 Å². The van der Waals surface area contributed by atoms with Gasteiger partial charge in [-0.3, -0.25) is 0 Å². The van der Waals surface area contributed by atoms with E-state index in [0.717, 1.165) is 5.56 Å². The quantitative estimate of drug-likeness (QED) is 0.754. The summed E-state index contributed by atoms with van der Waals surface area (Å²) in [5.41, 5.74) is 0.855. The summed E-state index contributed by atoms with van der Waals surface area (Å²) in [6.07, 6.45) is 0.383. The van der Waals surface area contributed by atoms with Crippen LogP contribution < -0.4 is 10.6 Å². The van der Waals surface area contributed by atoms with E-state index in [4.69, 9.17) is 16.7 Å². The SMILES string of the molecule is CC(C)C[C@@H](NC(=O)NC(C)c1cccc(Cl)c1)C(=O)O. The number of carboxylic acid groups (broad SMARTS) is 1. The molecule has 6 heteroatoms. The molecular weight excluding hydrogens is 292 g/mol. The van der Waals surface area contributed by atoms with Crippen molar-refractivity contribution in [2.45, 2.75) is 39.3 Å². The third-order valence-electron chi connectivity index (χ3n) is 3.01. The molecule has 0 fully saturated rings. The maximum absolute atomic E-state index is 11.9. The first-order chi connectivity index (χ1) is 9.79. The predicted molar refractivity (Wildman–Crippen MR) is 82.4 cm³/mol. The van der Waals surface area contributed by atoms with Crippen LogP contribution in [0.3, 0.4) is 0 Å². The molecule has 0 aliphatic carbocycles. The summed E-state index contributed by atoms with van der Waals surface area (Å²) in [6.45, 7) is 5.62. The molecule has 1 unspecified atom stereocenters. The number of nitrogens with one attached hydrogen (secondary N) is 2. The summed E-state index contributed by atoms with van der Waals surface area (Å²) in [5, 5.41) is 14.9. The van der Waals surface area contributed by atoms with Gasteiger partial charge >= 0.3 is 12.0 Å². The summed E-state index contributed by atoms with van der Waals surface area (Å²) in [6, 6.07) is 5.49. The maximum atomic E-state index is 11.9. The molecule has 0 aliphatic rings. The van der Waals surface area contributed by atoms with Crippen molar-refractivity contribution in [1.29, 1.82) is 0 Å². The van der Waals surface area contributed by atoms with Gasteiger partial charge in [-0.1, -0.05) is 37.6 Å². The highest BCUT2D eigenvalue weighted by molar-refractivity contribution is 6.30. The fraction of sp³-hybridized carbons (Fsp3) is 0.467. The van der Waals surface area contributed by atoms with Crippen molar-refractivity contribution >= 4 is 23.6 Å². The molecule has 5 nitrogen and oxygen atoms in total. The largest absolute Gasteiger partial charge is 0.480 e. The zero-order valence-electron chi connectivity index (χ0n) is 12.4. The number of rotatable bonds is 6. The van der Waals surface area contributed by atoms with E-state index in [-0.39, 0.29) is 12.0 Å². The Balaban J connectivity index is 2.61. The molecule has 2 atom stereocenters. The molecule has 1 aromatic carbocycles. The van der Waals surface area contributed by atoms with E-state index in [2.05, 4.69) is 10.6 Å². The predicted octanol–water partition coefficient (Wildman–Crippen LogP) is 3.20. The summed E-state index contributed by atoms with van der Waals surface area (Å²) in [5.74, 6) is -0.856. The molecule has 0 aliphatic heterocycles. The Morgan fingerprint density at radius 1 is 1.24 bits per heavy atom. The first-order valence-corrected chi connectivity index (χ1v) is 7.22. The summed E-state index contributed by atoms with van der Waals surface area (Å²) >= 11 is 5.90. The van der Waals surface area contributed by atoms with Crippen LogP contribution >= 0.6 is 11.6 Å². The monoisotopic (exact) mass is 312 g/mol. The molecule has 1 rings (SSSR count). The van der Waals surface area contributed by atoms with Gasteiger partial charge in [0.2, 0.25) is 0 Å². The average molecular weight is 313 g/mol. The number of aliphatic carboxylic acids is 1. The second kappa shape index (κ2) is 7.88. The Morgan fingerprint density at radius 3 is 2.43 bits per heavy atom. The molecule has 0 bridgehead atoms. The number of carboxylic acids is 1. The molecule has 1 aromatic rings. The summed E-state index contributed by atoms with van der Waals surface area (Å²) in [4.78, 5) is 23.0. The standard InChI is InChI=1S/C15H21ClN2O3/c1-9(2)7-13(14(19)20)18-15(21)17-10(3)11-5-4-6-12(16)8-11/h4-6,8-10,13H,7H2,1-3H3,(H,19,20)(H2,17,18,21)/t10?,13-/m1/s1. The zero-order chi connectivity index (χ0) is 16.0. The third-order valence-corrected chi connectivity index (χ3v) is 3.24. The van der Waals surface area contributed by atoms with E-state index in [0.29, 0.717) is 11.4 Å². The highest BCUT2D eigenvalue weighted by Gasteiger charge is 2.21. The highest BCUT2D eigenvalue weighted by Crippen LogP contribution is 2.17. The van der Waals surface area contributed by atoms with Crippen molar-refractivity contribution in [3.05, 3.63) is 34.9 Å². The van der Waals surface area contributed by atoms with Crippen molar-refractivity contribution in [3.8, 4) is 0 Å². The maximum Gasteiger partial charge on any atom is 0.326 e.